The molecule has 4 unspecified atom stereocenters. The number of carbonyl (C=O) groups is 1. The van der Waals surface area contributed by atoms with Crippen molar-refractivity contribution in [1.29, 1.82) is 0 Å². The maximum atomic E-state index is 13.0. The lowest BCUT2D eigenvalue weighted by Crippen LogP contribution is -2.63. The summed E-state index contributed by atoms with van der Waals surface area (Å²) in [6, 6.07) is 5.06. The van der Waals surface area contributed by atoms with Gasteiger partial charge in [0.15, 0.2) is 5.69 Å². The van der Waals surface area contributed by atoms with Crippen LogP contribution in [0.15, 0.2) is 24.5 Å². The lowest BCUT2D eigenvalue weighted by molar-refractivity contribution is -0.183. The molecule has 2 aromatic rings. The predicted molar refractivity (Wildman–Crippen MR) is 139 cm³/mol. The van der Waals surface area contributed by atoms with Crippen LogP contribution in [0.3, 0.4) is 0 Å². The fraction of sp³-hybridized carbons (Fsp3) is 0.556. The Morgan fingerprint density at radius 2 is 1.95 bits per heavy atom. The Hall–Kier alpha value is -3.09. The van der Waals surface area contributed by atoms with Gasteiger partial charge < -0.3 is 24.4 Å². The minimum Gasteiger partial charge on any atom is -0.473 e. The highest BCUT2D eigenvalue weighted by molar-refractivity contribution is 6.33. The maximum absolute atomic E-state index is 13.0. The fourth-order valence-electron chi connectivity index (χ4n) is 5.47. The van der Waals surface area contributed by atoms with E-state index in [1.165, 1.54) is 6.33 Å². The Morgan fingerprint density at radius 1 is 1.24 bits per heavy atom. The van der Waals surface area contributed by atoms with E-state index in [9.17, 15) is 4.79 Å². The van der Waals surface area contributed by atoms with Crippen molar-refractivity contribution in [3.8, 4) is 5.88 Å². The summed E-state index contributed by atoms with van der Waals surface area (Å²) in [6.07, 6.45) is 3.78. The van der Waals surface area contributed by atoms with Crippen LogP contribution in [0.2, 0.25) is 5.02 Å². The highest BCUT2D eigenvalue weighted by Crippen LogP contribution is 2.41. The lowest BCUT2D eigenvalue weighted by Gasteiger charge is -2.52. The van der Waals surface area contributed by atoms with Crippen molar-refractivity contribution in [1.82, 2.24) is 14.9 Å². The van der Waals surface area contributed by atoms with Gasteiger partial charge in [-0.15, -0.1) is 0 Å². The van der Waals surface area contributed by atoms with Gasteiger partial charge in [0.05, 0.1) is 35.1 Å². The average molecular weight is 526 g/mol. The summed E-state index contributed by atoms with van der Waals surface area (Å²) in [5.41, 5.74) is 1.51. The van der Waals surface area contributed by atoms with E-state index in [-0.39, 0.29) is 41.8 Å². The third-order valence-corrected chi connectivity index (χ3v) is 8.28. The Balaban J connectivity index is 1.34. The number of fused-ring (bicyclic) bond motifs is 2. The summed E-state index contributed by atoms with van der Waals surface area (Å²) < 4.78 is 18.7. The number of likely N-dealkylation sites (tertiary alicyclic amines) is 1. The van der Waals surface area contributed by atoms with Crippen LogP contribution in [0, 0.1) is 25.3 Å². The molecule has 3 aliphatic rings. The molecule has 3 fully saturated rings. The minimum atomic E-state index is -0.339. The number of anilines is 2. The third kappa shape index (κ3) is 5.05. The number of halogens is 1. The second-order valence-corrected chi connectivity index (χ2v) is 11.0. The van der Waals surface area contributed by atoms with Crippen LogP contribution < -0.4 is 10.1 Å². The molecule has 2 aliphatic heterocycles. The molecule has 10 heteroatoms. The minimum absolute atomic E-state index is 0.0296. The van der Waals surface area contributed by atoms with E-state index >= 15 is 0 Å². The van der Waals surface area contributed by atoms with Crippen LogP contribution in [0.5, 0.6) is 5.88 Å². The summed E-state index contributed by atoms with van der Waals surface area (Å²) in [6.45, 7) is 16.1. The smallest absolute Gasteiger partial charge is 0.410 e. The molecule has 196 valence electrons. The van der Waals surface area contributed by atoms with E-state index in [0.717, 1.165) is 24.8 Å². The van der Waals surface area contributed by atoms with Gasteiger partial charge in [-0.3, -0.25) is 0 Å². The zero-order valence-electron chi connectivity index (χ0n) is 21.5. The largest absolute Gasteiger partial charge is 0.473 e. The van der Waals surface area contributed by atoms with Crippen molar-refractivity contribution >= 4 is 34.9 Å². The molecule has 0 spiro atoms. The summed E-state index contributed by atoms with van der Waals surface area (Å²) in [5.74, 6) is 0.988. The fourth-order valence-corrected chi connectivity index (χ4v) is 5.69. The van der Waals surface area contributed by atoms with E-state index in [2.05, 4.69) is 20.1 Å². The number of hydrogen-bond acceptors (Lipinski definition) is 7. The number of piperidine rings is 1. The van der Waals surface area contributed by atoms with Crippen LogP contribution in [0.1, 0.15) is 45.6 Å². The van der Waals surface area contributed by atoms with Gasteiger partial charge in [-0.25, -0.2) is 19.6 Å². The number of nitrogens with zero attached hydrogens (tertiary/aromatic N) is 4. The number of hydrogen-bond donors (Lipinski definition) is 1. The summed E-state index contributed by atoms with van der Waals surface area (Å²) >= 11 is 6.36. The van der Waals surface area contributed by atoms with Crippen molar-refractivity contribution in [2.24, 2.45) is 11.8 Å². The van der Waals surface area contributed by atoms with E-state index in [4.69, 9.17) is 32.4 Å². The highest BCUT2D eigenvalue weighted by atomic mass is 35.5. The molecule has 1 amide bonds. The van der Waals surface area contributed by atoms with Crippen molar-refractivity contribution in [2.75, 3.05) is 18.4 Å². The van der Waals surface area contributed by atoms with Crippen LogP contribution in [-0.2, 0) is 9.47 Å². The molecule has 1 aromatic carbocycles. The Morgan fingerprint density at radius 3 is 2.54 bits per heavy atom. The predicted octanol–water partition coefficient (Wildman–Crippen LogP) is 5.91. The molecular weight excluding hydrogens is 494 g/mol. The van der Waals surface area contributed by atoms with Crippen LogP contribution in [0.25, 0.3) is 4.85 Å². The van der Waals surface area contributed by atoms with E-state index < -0.39 is 0 Å². The first kappa shape index (κ1) is 25.6. The Kier molecular flexibility index (Phi) is 6.90. The third-order valence-electron chi connectivity index (χ3n) is 7.97. The summed E-state index contributed by atoms with van der Waals surface area (Å²) in [5, 5.41) is 3.66. The molecule has 2 bridgehead atoms. The van der Waals surface area contributed by atoms with Gasteiger partial charge in [0.2, 0.25) is 5.88 Å². The van der Waals surface area contributed by atoms with E-state index in [1.807, 2.05) is 32.6 Å². The monoisotopic (exact) mass is 525 g/mol. The molecule has 4 atom stereocenters. The van der Waals surface area contributed by atoms with E-state index in [0.29, 0.717) is 41.2 Å². The Labute approximate surface area is 222 Å². The first-order valence-electron chi connectivity index (χ1n) is 12.7. The Bertz CT molecular complexity index is 1210. The zero-order valence-corrected chi connectivity index (χ0v) is 22.3. The average Bonchev–Trinajstić information content (AvgIpc) is 2.85. The molecule has 1 N–H and O–H groups in total. The molecule has 3 heterocycles. The SMILES string of the molecule is [C-]#[N+]c1ccc(Nc2ncnc(OC3C4CN(C(=O)OC5(C)CCC5)CC3C(C)OC4C)c2C)c(Cl)c1. The zero-order chi connectivity index (χ0) is 26.3. The molecule has 5 rings (SSSR count). The number of amides is 1. The number of ether oxygens (including phenoxy) is 3. The molecule has 1 saturated carbocycles. The van der Waals surface area contributed by atoms with Crippen LogP contribution >= 0.6 is 11.6 Å². The first-order valence-corrected chi connectivity index (χ1v) is 13.1. The van der Waals surface area contributed by atoms with Gasteiger partial charge in [0, 0.05) is 24.9 Å². The van der Waals surface area contributed by atoms with Crippen LogP contribution in [-0.4, -0.2) is 58.0 Å². The summed E-state index contributed by atoms with van der Waals surface area (Å²) in [7, 11) is 0. The molecule has 1 aliphatic carbocycles. The highest BCUT2D eigenvalue weighted by Gasteiger charge is 2.51. The quantitative estimate of drug-likeness (QED) is 0.485. The molecule has 9 nitrogen and oxygen atoms in total. The standard InChI is InChI=1S/C27H32ClN5O4/c1-15-24(32-22-8-7-18(29-5)11-21(22)28)30-14-31-25(15)36-23-19-12-33(13-20(23)17(3)35-16(19)2)26(34)37-27(4)9-6-10-27/h7-8,11,14,16-17,19-20,23H,6,9-10,12-13H2,1-4H3,(H,30,31,32). The topological polar surface area (TPSA) is 90.2 Å². The second-order valence-electron chi connectivity index (χ2n) is 10.6. The number of benzene rings is 1. The van der Waals surface area contributed by atoms with E-state index in [1.54, 1.807) is 18.2 Å². The maximum Gasteiger partial charge on any atom is 0.410 e. The molecular formula is C27H32ClN5O4. The van der Waals surface area contributed by atoms with Gasteiger partial charge in [-0.2, -0.15) is 0 Å². The summed E-state index contributed by atoms with van der Waals surface area (Å²) in [4.78, 5) is 27.1. The first-order chi connectivity index (χ1) is 17.7. The number of nitrogens with one attached hydrogen (secondary N) is 1. The van der Waals surface area contributed by atoms with Crippen molar-refractivity contribution in [3.05, 3.63) is 46.5 Å². The van der Waals surface area contributed by atoms with Gasteiger partial charge in [-0.05, 0) is 59.1 Å². The van der Waals surface area contributed by atoms with Crippen molar-refractivity contribution in [3.63, 3.8) is 0 Å². The number of aromatic nitrogens is 2. The normalized spacial score (nSPS) is 28.0. The van der Waals surface area contributed by atoms with Gasteiger partial charge in [0.25, 0.3) is 0 Å². The lowest BCUT2D eigenvalue weighted by atomic mass is 9.77. The molecule has 1 aromatic heterocycles. The second kappa shape index (κ2) is 9.99. The number of rotatable bonds is 5. The molecule has 37 heavy (non-hydrogen) atoms. The number of carbonyl (C=O) groups excluding carboxylic acids is 1. The van der Waals surface area contributed by atoms with Crippen molar-refractivity contribution in [2.45, 2.75) is 70.9 Å². The molecule has 2 saturated heterocycles. The molecule has 0 radical (unpaired) electrons. The van der Waals surface area contributed by atoms with Gasteiger partial charge in [0.1, 0.15) is 23.9 Å². The van der Waals surface area contributed by atoms with Crippen LogP contribution in [0.4, 0.5) is 22.0 Å². The van der Waals surface area contributed by atoms with Gasteiger partial charge in [-0.1, -0.05) is 17.7 Å². The van der Waals surface area contributed by atoms with Gasteiger partial charge >= 0.3 is 6.09 Å². The van der Waals surface area contributed by atoms with Crippen molar-refractivity contribution < 1.29 is 19.0 Å².